The summed E-state index contributed by atoms with van der Waals surface area (Å²) >= 11 is 0. The lowest BCUT2D eigenvalue weighted by atomic mass is 9.92. The Bertz CT molecular complexity index is 692. The Morgan fingerprint density at radius 3 is 2.20 bits per heavy atom. The number of nitrogens with zero attached hydrogens (tertiary/aromatic N) is 3. The first-order chi connectivity index (χ1) is 14.3. The van der Waals surface area contributed by atoms with Crippen LogP contribution in [0.1, 0.15) is 45.7 Å². The number of rotatable bonds is 6. The van der Waals surface area contributed by atoms with Crippen molar-refractivity contribution in [2.45, 2.75) is 46.2 Å². The molecule has 0 unspecified atom stereocenters. The molecule has 0 saturated carbocycles. The van der Waals surface area contributed by atoms with Crippen LogP contribution in [0.3, 0.4) is 0 Å². The van der Waals surface area contributed by atoms with Crippen molar-refractivity contribution in [2.75, 3.05) is 45.8 Å². The van der Waals surface area contributed by atoms with Gasteiger partial charge in [0, 0.05) is 39.3 Å². The molecule has 1 N–H and O–H groups in total. The van der Waals surface area contributed by atoms with Crippen molar-refractivity contribution in [2.24, 2.45) is 11.8 Å². The van der Waals surface area contributed by atoms with Gasteiger partial charge in [0.25, 0.3) is 0 Å². The number of hydrogen-bond acceptors (Lipinski definition) is 4. The van der Waals surface area contributed by atoms with E-state index in [4.69, 9.17) is 0 Å². The summed E-state index contributed by atoms with van der Waals surface area (Å²) in [5, 5.41) is 3.13. The Morgan fingerprint density at radius 1 is 1.00 bits per heavy atom. The molecule has 2 saturated heterocycles. The van der Waals surface area contributed by atoms with E-state index in [1.807, 2.05) is 49.1 Å². The molecule has 166 valence electrons. The maximum Gasteiger partial charge on any atom is 0.237 e. The van der Waals surface area contributed by atoms with Gasteiger partial charge in [0.15, 0.2) is 0 Å². The first kappa shape index (κ1) is 22.8. The molecule has 0 spiro atoms. The third kappa shape index (κ3) is 6.05. The maximum absolute atomic E-state index is 12.7. The van der Waals surface area contributed by atoms with E-state index in [9.17, 15) is 9.59 Å². The molecule has 30 heavy (non-hydrogen) atoms. The van der Waals surface area contributed by atoms with Crippen molar-refractivity contribution in [3.8, 4) is 0 Å². The standard InChI is InChI=1S/C24H38N4O2/c1-18-14-19(2)16-28(15-18)23(29)17-26-10-12-27(13-11-26)21(4)24(30)25-20(3)22-8-6-5-7-9-22/h5-9,18-21H,10-17H2,1-4H3,(H,25,30)/t18-,19+,20-,21-/m1/s1. The summed E-state index contributed by atoms with van der Waals surface area (Å²) in [4.78, 5) is 32.0. The lowest BCUT2D eigenvalue weighted by molar-refractivity contribution is -0.136. The Kier molecular flexibility index (Phi) is 7.89. The Balaban J connectivity index is 1.43. The quantitative estimate of drug-likeness (QED) is 0.777. The molecule has 2 heterocycles. The molecular weight excluding hydrogens is 376 g/mol. The number of piperidine rings is 1. The number of piperazine rings is 1. The molecule has 2 fully saturated rings. The second kappa shape index (κ2) is 10.4. The minimum Gasteiger partial charge on any atom is -0.348 e. The average Bonchev–Trinajstić information content (AvgIpc) is 2.73. The van der Waals surface area contributed by atoms with Crippen LogP contribution < -0.4 is 5.32 Å². The second-order valence-electron chi connectivity index (χ2n) is 9.37. The highest BCUT2D eigenvalue weighted by Gasteiger charge is 2.30. The highest BCUT2D eigenvalue weighted by Crippen LogP contribution is 2.21. The summed E-state index contributed by atoms with van der Waals surface area (Å²) in [5.74, 6) is 1.50. The van der Waals surface area contributed by atoms with E-state index in [0.29, 0.717) is 18.4 Å². The normalized spacial score (nSPS) is 25.5. The molecule has 1 aromatic carbocycles. The fourth-order valence-corrected chi connectivity index (χ4v) is 4.79. The van der Waals surface area contributed by atoms with Gasteiger partial charge in [-0.25, -0.2) is 0 Å². The Morgan fingerprint density at radius 2 is 1.60 bits per heavy atom. The highest BCUT2D eigenvalue weighted by molar-refractivity contribution is 5.81. The van der Waals surface area contributed by atoms with Gasteiger partial charge in [-0.2, -0.15) is 0 Å². The SMILES string of the molecule is C[C@@H]1C[C@H](C)CN(C(=O)CN2CCN([C@H](C)C(=O)N[C@H](C)c3ccccc3)CC2)C1. The van der Waals surface area contributed by atoms with Crippen molar-refractivity contribution in [1.82, 2.24) is 20.0 Å². The summed E-state index contributed by atoms with van der Waals surface area (Å²) in [6, 6.07) is 9.87. The summed E-state index contributed by atoms with van der Waals surface area (Å²) in [6.07, 6.45) is 1.21. The van der Waals surface area contributed by atoms with Crippen molar-refractivity contribution in [3.05, 3.63) is 35.9 Å². The van der Waals surface area contributed by atoms with Crippen LogP contribution in [0.25, 0.3) is 0 Å². The van der Waals surface area contributed by atoms with Gasteiger partial charge in [-0.05, 0) is 37.7 Å². The van der Waals surface area contributed by atoms with Crippen molar-refractivity contribution < 1.29 is 9.59 Å². The molecule has 0 aromatic heterocycles. The van der Waals surface area contributed by atoms with Crippen LogP contribution in [0.5, 0.6) is 0 Å². The lowest BCUT2D eigenvalue weighted by Gasteiger charge is -2.39. The van der Waals surface area contributed by atoms with E-state index < -0.39 is 0 Å². The van der Waals surface area contributed by atoms with Crippen molar-refractivity contribution in [1.29, 1.82) is 0 Å². The molecule has 0 aliphatic carbocycles. The second-order valence-corrected chi connectivity index (χ2v) is 9.37. The zero-order valence-corrected chi connectivity index (χ0v) is 19.0. The number of benzene rings is 1. The fraction of sp³-hybridized carbons (Fsp3) is 0.667. The zero-order chi connectivity index (χ0) is 21.7. The van der Waals surface area contributed by atoms with Gasteiger partial charge in [0.2, 0.25) is 11.8 Å². The van der Waals surface area contributed by atoms with E-state index in [0.717, 1.165) is 44.8 Å². The van der Waals surface area contributed by atoms with Crippen LogP contribution in [0.2, 0.25) is 0 Å². The van der Waals surface area contributed by atoms with Crippen LogP contribution in [0.4, 0.5) is 0 Å². The molecule has 2 amide bonds. The van der Waals surface area contributed by atoms with Crippen molar-refractivity contribution in [3.63, 3.8) is 0 Å². The third-order valence-corrected chi connectivity index (χ3v) is 6.57. The molecule has 4 atom stereocenters. The van der Waals surface area contributed by atoms with E-state index in [-0.39, 0.29) is 23.9 Å². The van der Waals surface area contributed by atoms with Gasteiger partial charge in [0.05, 0.1) is 18.6 Å². The Hall–Kier alpha value is -1.92. The molecule has 1 aromatic rings. The van der Waals surface area contributed by atoms with E-state index in [1.165, 1.54) is 6.42 Å². The van der Waals surface area contributed by atoms with Gasteiger partial charge in [-0.3, -0.25) is 19.4 Å². The Labute approximate surface area is 181 Å². The number of nitrogens with one attached hydrogen (secondary N) is 1. The van der Waals surface area contributed by atoms with Gasteiger partial charge < -0.3 is 10.2 Å². The predicted octanol–water partition coefficient (Wildman–Crippen LogP) is 2.37. The van der Waals surface area contributed by atoms with Crippen LogP contribution >= 0.6 is 0 Å². The first-order valence-corrected chi connectivity index (χ1v) is 11.4. The minimum atomic E-state index is -0.169. The molecule has 0 bridgehead atoms. The van der Waals surface area contributed by atoms with Crippen LogP contribution in [0.15, 0.2) is 30.3 Å². The third-order valence-electron chi connectivity index (χ3n) is 6.57. The lowest BCUT2D eigenvalue weighted by Crippen LogP contribution is -2.56. The van der Waals surface area contributed by atoms with Crippen LogP contribution in [0, 0.1) is 11.8 Å². The van der Waals surface area contributed by atoms with E-state index in [2.05, 4.69) is 29.0 Å². The average molecular weight is 415 g/mol. The predicted molar refractivity (Wildman–Crippen MR) is 120 cm³/mol. The molecule has 0 radical (unpaired) electrons. The monoisotopic (exact) mass is 414 g/mol. The molecular formula is C24H38N4O2. The first-order valence-electron chi connectivity index (χ1n) is 11.4. The summed E-state index contributed by atoms with van der Waals surface area (Å²) in [7, 11) is 0. The van der Waals surface area contributed by atoms with Gasteiger partial charge >= 0.3 is 0 Å². The molecule has 6 nitrogen and oxygen atoms in total. The van der Waals surface area contributed by atoms with Gasteiger partial charge in [-0.15, -0.1) is 0 Å². The minimum absolute atomic E-state index is 0.00520. The number of amides is 2. The summed E-state index contributed by atoms with van der Waals surface area (Å²) in [6.45, 7) is 14.0. The number of likely N-dealkylation sites (tertiary alicyclic amines) is 1. The largest absolute Gasteiger partial charge is 0.348 e. The summed E-state index contributed by atoms with van der Waals surface area (Å²) in [5.41, 5.74) is 1.11. The molecule has 2 aliphatic rings. The van der Waals surface area contributed by atoms with E-state index >= 15 is 0 Å². The maximum atomic E-state index is 12.7. The number of carbonyl (C=O) groups excluding carboxylic acids is 2. The zero-order valence-electron chi connectivity index (χ0n) is 19.0. The number of hydrogen-bond donors (Lipinski definition) is 1. The topological polar surface area (TPSA) is 55.9 Å². The summed E-state index contributed by atoms with van der Waals surface area (Å²) < 4.78 is 0. The van der Waals surface area contributed by atoms with Crippen molar-refractivity contribution >= 4 is 11.8 Å². The van der Waals surface area contributed by atoms with Gasteiger partial charge in [0.1, 0.15) is 0 Å². The van der Waals surface area contributed by atoms with Crippen LogP contribution in [-0.2, 0) is 9.59 Å². The van der Waals surface area contributed by atoms with Gasteiger partial charge in [-0.1, -0.05) is 44.2 Å². The smallest absolute Gasteiger partial charge is 0.237 e. The number of carbonyl (C=O) groups is 2. The van der Waals surface area contributed by atoms with Crippen LogP contribution in [-0.4, -0.2) is 78.4 Å². The molecule has 6 heteroatoms. The molecule has 2 aliphatic heterocycles. The molecule has 3 rings (SSSR count). The fourth-order valence-electron chi connectivity index (χ4n) is 4.79. The van der Waals surface area contributed by atoms with E-state index in [1.54, 1.807) is 0 Å². The highest BCUT2D eigenvalue weighted by atomic mass is 16.2.